The summed E-state index contributed by atoms with van der Waals surface area (Å²) >= 11 is 2.66. The molecule has 0 radical (unpaired) electrons. The Hall–Kier alpha value is -0.410. The molecule has 0 heterocycles. The van der Waals surface area contributed by atoms with Crippen LogP contribution in [-0.4, -0.2) is 30.0 Å². The van der Waals surface area contributed by atoms with Gasteiger partial charge in [0.25, 0.3) is 19.7 Å². The second-order valence-electron chi connectivity index (χ2n) is 3.67. The Balaban J connectivity index is 3.75. The van der Waals surface area contributed by atoms with E-state index in [-0.39, 0.29) is 8.59 Å². The fourth-order valence-corrected chi connectivity index (χ4v) is 9.09. The molecule has 1 aromatic rings. The lowest BCUT2D eigenvalue weighted by Crippen LogP contribution is -2.40. The lowest BCUT2D eigenvalue weighted by atomic mass is 10.4. The predicted molar refractivity (Wildman–Crippen MR) is 79.1 cm³/mol. The first-order chi connectivity index (χ1) is 10.1. The zero-order chi connectivity index (χ0) is 18.3. The standard InChI is InChI=1S/C9H4ClF6IO4S2/c10-5-1-3-6(4-2-5)17-7(22(18,19)8(11,12)13)23(20,21)9(14,15)16/h1-4H. The minimum atomic E-state index is -6.66. The van der Waals surface area contributed by atoms with Crippen molar-refractivity contribution in [3.63, 3.8) is 0 Å². The van der Waals surface area contributed by atoms with Crippen LogP contribution in [0.15, 0.2) is 24.3 Å². The molecule has 4 nitrogen and oxygen atoms in total. The van der Waals surface area contributed by atoms with Gasteiger partial charge in [-0.3, -0.25) is 0 Å². The first-order valence-electron chi connectivity index (χ1n) is 5.01. The molecule has 0 N–H and O–H groups in total. The number of alkyl halides is 6. The molecule has 0 unspecified atom stereocenters. The minimum absolute atomic E-state index is 0.0802. The normalized spacial score (nSPS) is 13.9. The van der Waals surface area contributed by atoms with Crippen LogP contribution in [0, 0.1) is 3.57 Å². The van der Waals surface area contributed by atoms with E-state index in [0.717, 1.165) is 24.3 Å². The van der Waals surface area contributed by atoms with Gasteiger partial charge in [0.05, 0.1) is 0 Å². The van der Waals surface area contributed by atoms with Crippen molar-refractivity contribution < 1.29 is 43.2 Å². The molecule has 0 aliphatic carbocycles. The summed E-state index contributed by atoms with van der Waals surface area (Å²) < 4.78 is 117. The fraction of sp³-hybridized carbons (Fsp3) is 0.222. The van der Waals surface area contributed by atoms with Gasteiger partial charge in [-0.1, -0.05) is 32.3 Å². The Kier molecular flexibility index (Phi) is 5.81. The molecule has 14 heteroatoms. The van der Waals surface area contributed by atoms with Crippen molar-refractivity contribution in [2.45, 2.75) is 11.0 Å². The summed E-state index contributed by atoms with van der Waals surface area (Å²) in [5.41, 5.74) is -12.3. The first-order valence-corrected chi connectivity index (χ1v) is 10.5. The Morgan fingerprint density at radius 3 is 1.48 bits per heavy atom. The highest BCUT2D eigenvalue weighted by atomic mass is 127. The zero-order valence-electron chi connectivity index (χ0n) is 10.3. The monoisotopic (exact) mass is 516 g/mol. The number of hydrogen-bond donors (Lipinski definition) is 0. The molecule has 0 aliphatic rings. The number of halogens is 8. The maximum atomic E-state index is 12.5. The van der Waals surface area contributed by atoms with E-state index in [1.807, 2.05) is 0 Å². The van der Waals surface area contributed by atoms with Crippen molar-refractivity contribution in [2.24, 2.45) is 0 Å². The third-order valence-corrected chi connectivity index (χ3v) is 12.0. The van der Waals surface area contributed by atoms with Crippen LogP contribution < -0.4 is 0 Å². The fourth-order valence-electron chi connectivity index (χ4n) is 1.01. The molecule has 0 saturated carbocycles. The molecule has 0 bridgehead atoms. The SMILES string of the molecule is O=S(=O)(C(=Ic1ccc(Cl)cc1)S(=O)(=O)C(F)(F)F)C(F)(F)F. The van der Waals surface area contributed by atoms with E-state index in [1.165, 1.54) is 0 Å². The highest BCUT2D eigenvalue weighted by Gasteiger charge is 2.60. The topological polar surface area (TPSA) is 68.3 Å². The van der Waals surface area contributed by atoms with Crippen molar-refractivity contribution in [3.05, 3.63) is 32.9 Å². The van der Waals surface area contributed by atoms with Crippen molar-refractivity contribution in [2.75, 3.05) is 0 Å². The molecule has 1 rings (SSSR count). The van der Waals surface area contributed by atoms with Gasteiger partial charge in [0.15, 0.2) is 0 Å². The van der Waals surface area contributed by atoms with Gasteiger partial charge in [-0.2, -0.15) is 26.3 Å². The maximum absolute atomic E-state index is 12.5. The molecule has 0 spiro atoms. The third-order valence-electron chi connectivity index (χ3n) is 2.02. The van der Waals surface area contributed by atoms with Gasteiger partial charge >= 0.3 is 11.0 Å². The Morgan fingerprint density at radius 2 is 1.17 bits per heavy atom. The quantitative estimate of drug-likeness (QED) is 0.456. The van der Waals surface area contributed by atoms with E-state index < -0.39 is 53.6 Å². The van der Waals surface area contributed by atoms with E-state index in [9.17, 15) is 43.2 Å². The molecule has 23 heavy (non-hydrogen) atoms. The summed E-state index contributed by atoms with van der Waals surface area (Å²) in [5.74, 6) is 0. The third kappa shape index (κ3) is 4.36. The van der Waals surface area contributed by atoms with Crippen LogP contribution in [0.5, 0.6) is 0 Å². The zero-order valence-corrected chi connectivity index (χ0v) is 14.8. The lowest BCUT2D eigenvalue weighted by Gasteiger charge is -2.13. The molecule has 132 valence electrons. The Labute approximate surface area is 141 Å². The molecular formula is C9H4ClF6IO4S2. The maximum Gasteiger partial charge on any atom is 0.503 e. The van der Waals surface area contributed by atoms with E-state index in [4.69, 9.17) is 11.6 Å². The number of sulfone groups is 2. The van der Waals surface area contributed by atoms with Gasteiger partial charge in [0.1, 0.15) is 0 Å². The van der Waals surface area contributed by atoms with Crippen LogP contribution in [0.2, 0.25) is 5.02 Å². The lowest BCUT2D eigenvalue weighted by molar-refractivity contribution is -0.0426. The summed E-state index contributed by atoms with van der Waals surface area (Å²) in [6.07, 6.45) is 0. The van der Waals surface area contributed by atoms with E-state index >= 15 is 0 Å². The van der Waals surface area contributed by atoms with Crippen molar-refractivity contribution >= 4 is 54.2 Å². The second-order valence-corrected chi connectivity index (χ2v) is 12.4. The van der Waals surface area contributed by atoms with Crippen LogP contribution in [0.25, 0.3) is 0 Å². The summed E-state index contributed by atoms with van der Waals surface area (Å²) in [5, 5.41) is 0.0802. The molecule has 0 aliphatic heterocycles. The van der Waals surface area contributed by atoms with Gasteiger partial charge in [-0.05, 0) is 24.3 Å². The Morgan fingerprint density at radius 1 is 0.826 bits per heavy atom. The predicted octanol–water partition coefficient (Wildman–Crippen LogP) is 3.44. The van der Waals surface area contributed by atoms with Gasteiger partial charge < -0.3 is 0 Å². The molecule has 0 fully saturated rings. The molecule has 0 aromatic heterocycles. The average Bonchev–Trinajstić information content (AvgIpc) is 2.34. The van der Waals surface area contributed by atoms with Gasteiger partial charge in [-0.25, -0.2) is 16.8 Å². The summed E-state index contributed by atoms with van der Waals surface area (Å²) in [6.45, 7) is 0. The smallest absolute Gasteiger partial charge is 0.213 e. The number of hydrogen-bond acceptors (Lipinski definition) is 4. The highest BCUT2D eigenvalue weighted by molar-refractivity contribution is 14.2. The average molecular weight is 517 g/mol. The van der Waals surface area contributed by atoms with Crippen LogP contribution in [-0.2, 0) is 19.7 Å². The number of benzene rings is 1. The summed E-state index contributed by atoms with van der Waals surface area (Å²) in [6, 6.07) is 4.06. The highest BCUT2D eigenvalue weighted by Crippen LogP contribution is 2.37. The molecule has 0 atom stereocenters. The minimum Gasteiger partial charge on any atom is -0.213 e. The van der Waals surface area contributed by atoms with E-state index in [1.54, 1.807) is 0 Å². The van der Waals surface area contributed by atoms with Crippen LogP contribution in [0.1, 0.15) is 0 Å². The van der Waals surface area contributed by atoms with E-state index in [2.05, 4.69) is 0 Å². The van der Waals surface area contributed by atoms with Crippen LogP contribution >= 0.6 is 32.3 Å². The second kappa shape index (κ2) is 6.48. The molecule has 1 aromatic carbocycles. The van der Waals surface area contributed by atoms with Gasteiger partial charge in [0.2, 0.25) is 2.17 Å². The van der Waals surface area contributed by atoms with E-state index in [0.29, 0.717) is 0 Å². The molecular weight excluding hydrogens is 513 g/mol. The van der Waals surface area contributed by atoms with Crippen molar-refractivity contribution in [1.82, 2.24) is 0 Å². The number of rotatable bonds is 3. The molecule has 0 saturated heterocycles. The summed E-state index contributed by atoms with van der Waals surface area (Å²) in [4.78, 5) is 0. The largest absolute Gasteiger partial charge is 0.503 e. The van der Waals surface area contributed by atoms with Gasteiger partial charge in [0, 0.05) is 8.59 Å². The summed E-state index contributed by atoms with van der Waals surface area (Å²) in [7, 11) is -13.3. The van der Waals surface area contributed by atoms with Gasteiger partial charge in [-0.15, -0.1) is 0 Å². The van der Waals surface area contributed by atoms with Crippen molar-refractivity contribution in [1.29, 1.82) is 0 Å². The Bertz CT molecular complexity index is 778. The van der Waals surface area contributed by atoms with Crippen molar-refractivity contribution in [3.8, 4) is 0 Å². The first kappa shape index (κ1) is 20.6. The molecule has 0 amide bonds. The van der Waals surface area contributed by atoms with Crippen LogP contribution in [0.3, 0.4) is 0 Å². The van der Waals surface area contributed by atoms with Crippen LogP contribution in [0.4, 0.5) is 26.3 Å².